The second kappa shape index (κ2) is 12.8. The largest absolute Gasteiger partial charge is 0.491 e. The van der Waals surface area contributed by atoms with E-state index in [2.05, 4.69) is 14.3 Å². The summed E-state index contributed by atoms with van der Waals surface area (Å²) in [6.07, 6.45) is 3.17. The van der Waals surface area contributed by atoms with Crippen molar-refractivity contribution in [3.05, 3.63) is 53.1 Å². The molecule has 0 aliphatic carbocycles. The molecule has 1 saturated heterocycles. The molecule has 196 valence electrons. The van der Waals surface area contributed by atoms with Crippen molar-refractivity contribution in [2.24, 2.45) is 0 Å². The number of aromatic nitrogens is 2. The predicted molar refractivity (Wildman–Crippen MR) is 146 cm³/mol. The lowest BCUT2D eigenvalue weighted by atomic mass is 10.0. The minimum Gasteiger partial charge on any atom is -0.491 e. The molecule has 0 radical (unpaired) electrons. The number of carbonyl (C=O) groups is 2. The van der Waals surface area contributed by atoms with Gasteiger partial charge in [0.05, 0.1) is 25.0 Å². The number of urea groups is 1. The number of ether oxygens (including phenoxy) is 2. The number of amides is 3. The third-order valence-corrected chi connectivity index (χ3v) is 6.09. The van der Waals surface area contributed by atoms with Crippen LogP contribution in [0.3, 0.4) is 0 Å². The number of allylic oxidation sites excluding steroid dienone is 2. The first-order chi connectivity index (χ1) is 17.1. The maximum Gasteiger partial charge on any atom is 0.332 e. The first kappa shape index (κ1) is 29.2. The molecule has 0 spiro atoms. The van der Waals surface area contributed by atoms with E-state index in [1.54, 1.807) is 43.7 Å². The van der Waals surface area contributed by atoms with Crippen molar-refractivity contribution >= 4 is 32.6 Å². The number of hydrogen-bond donors (Lipinski definition) is 1. The van der Waals surface area contributed by atoms with E-state index >= 15 is 0 Å². The second-order valence-corrected chi connectivity index (χ2v) is 9.61. The van der Waals surface area contributed by atoms with Crippen LogP contribution < -0.4 is 9.64 Å². The molecule has 3 amide bonds. The number of carbonyl (C=O) groups excluding carboxylic acids is 2. The van der Waals surface area contributed by atoms with Gasteiger partial charge in [0.1, 0.15) is 17.9 Å². The molecule has 3 rings (SSSR count). The topological polar surface area (TPSA) is 101 Å². The standard InChI is InChI=1S/C24H32N5O4P.C2H6/c1-16(25)21(17(2)34)15-27-14-19(12-26-27)29-22(30)24(3,4)28(23(29)31)13-18-7-6-8-20(11-18)33-10-9-32-5;1-2/h6-8,11-12,14,25H,9-10,13,15,34H2,1-5H3;1-2H3/b21-17-,25-16?;. The average Bonchev–Trinajstić information content (AvgIpc) is 3.35. The van der Waals surface area contributed by atoms with Gasteiger partial charge in [-0.05, 0) is 56.3 Å². The summed E-state index contributed by atoms with van der Waals surface area (Å²) in [5.41, 5.74) is 1.51. The molecule has 2 aromatic rings. The Labute approximate surface area is 216 Å². The number of rotatable bonds is 10. The van der Waals surface area contributed by atoms with E-state index in [1.807, 2.05) is 45.0 Å². The normalized spacial score (nSPS) is 15.4. The Morgan fingerprint density at radius 3 is 2.47 bits per heavy atom. The van der Waals surface area contributed by atoms with Crippen LogP contribution in [0, 0.1) is 5.41 Å². The molecule has 9 nitrogen and oxygen atoms in total. The summed E-state index contributed by atoms with van der Waals surface area (Å²) in [5.74, 6) is 0.365. The fourth-order valence-electron chi connectivity index (χ4n) is 3.74. The maximum atomic E-state index is 13.4. The van der Waals surface area contributed by atoms with Gasteiger partial charge in [0.25, 0.3) is 5.91 Å². The molecule has 36 heavy (non-hydrogen) atoms. The first-order valence-corrected chi connectivity index (χ1v) is 12.5. The molecule has 10 heteroatoms. The molecule has 0 saturated carbocycles. The van der Waals surface area contributed by atoms with Gasteiger partial charge in [-0.15, -0.1) is 9.24 Å². The molecule has 1 N–H and O–H groups in total. The molecule has 1 atom stereocenters. The lowest BCUT2D eigenvalue weighted by molar-refractivity contribution is -0.123. The quantitative estimate of drug-likeness (QED) is 0.211. The monoisotopic (exact) mass is 515 g/mol. The smallest absolute Gasteiger partial charge is 0.332 e. The average molecular weight is 516 g/mol. The Hall–Kier alpha value is -3.03. The highest BCUT2D eigenvalue weighted by Gasteiger charge is 2.52. The van der Waals surface area contributed by atoms with Gasteiger partial charge in [-0.25, -0.2) is 9.69 Å². The Morgan fingerprint density at radius 1 is 1.17 bits per heavy atom. The van der Waals surface area contributed by atoms with E-state index in [0.717, 1.165) is 16.5 Å². The number of hydrogen-bond acceptors (Lipinski definition) is 6. The van der Waals surface area contributed by atoms with Gasteiger partial charge in [0.15, 0.2) is 0 Å². The zero-order chi connectivity index (χ0) is 27.0. The molecular formula is C26H38N5O4P. The van der Waals surface area contributed by atoms with E-state index in [4.69, 9.17) is 14.9 Å². The molecule has 0 bridgehead atoms. The fourth-order valence-corrected chi connectivity index (χ4v) is 4.05. The van der Waals surface area contributed by atoms with E-state index in [-0.39, 0.29) is 12.5 Å². The van der Waals surface area contributed by atoms with Gasteiger partial charge in [-0.1, -0.05) is 26.0 Å². The minimum absolute atomic E-state index is 0.260. The molecule has 1 aromatic heterocycles. The molecule has 1 aliphatic rings. The van der Waals surface area contributed by atoms with Crippen molar-refractivity contribution in [3.8, 4) is 5.75 Å². The van der Waals surface area contributed by atoms with Gasteiger partial charge < -0.3 is 19.8 Å². The fraction of sp³-hybridized carbons (Fsp3) is 0.462. The Balaban J connectivity index is 0.00000222. The summed E-state index contributed by atoms with van der Waals surface area (Å²) in [6, 6.07) is 7.07. The van der Waals surface area contributed by atoms with Crippen LogP contribution in [-0.4, -0.2) is 58.2 Å². The summed E-state index contributed by atoms with van der Waals surface area (Å²) in [5, 5.41) is 13.2. The predicted octanol–water partition coefficient (Wildman–Crippen LogP) is 4.87. The summed E-state index contributed by atoms with van der Waals surface area (Å²) in [6.45, 7) is 12.7. The lowest BCUT2D eigenvalue weighted by Crippen LogP contribution is -2.43. The van der Waals surface area contributed by atoms with Crippen LogP contribution in [0.2, 0.25) is 0 Å². The molecular weight excluding hydrogens is 477 g/mol. The van der Waals surface area contributed by atoms with E-state index in [1.165, 1.54) is 11.1 Å². The molecule has 1 fully saturated rings. The summed E-state index contributed by atoms with van der Waals surface area (Å²) >= 11 is 0. The number of benzene rings is 1. The van der Waals surface area contributed by atoms with Crippen molar-refractivity contribution in [2.75, 3.05) is 25.2 Å². The maximum absolute atomic E-state index is 13.4. The molecule has 1 aromatic carbocycles. The van der Waals surface area contributed by atoms with Crippen LogP contribution in [-0.2, 0) is 22.6 Å². The van der Waals surface area contributed by atoms with E-state index in [9.17, 15) is 9.59 Å². The van der Waals surface area contributed by atoms with Crippen LogP contribution in [0.15, 0.2) is 47.5 Å². The van der Waals surface area contributed by atoms with Crippen LogP contribution in [0.5, 0.6) is 5.75 Å². The molecule has 1 unspecified atom stereocenters. The van der Waals surface area contributed by atoms with Gasteiger partial charge in [-0.2, -0.15) is 5.10 Å². The Bertz CT molecular complexity index is 1120. The number of nitrogens with one attached hydrogen (secondary N) is 1. The van der Waals surface area contributed by atoms with Gasteiger partial charge in [0, 0.05) is 25.6 Å². The Morgan fingerprint density at radius 2 is 1.86 bits per heavy atom. The molecule has 1 aliphatic heterocycles. The lowest BCUT2D eigenvalue weighted by Gasteiger charge is -2.27. The van der Waals surface area contributed by atoms with Crippen molar-refractivity contribution in [2.45, 2.75) is 60.2 Å². The third kappa shape index (κ3) is 6.59. The Kier molecular flexibility index (Phi) is 10.4. The van der Waals surface area contributed by atoms with Crippen molar-refractivity contribution in [3.63, 3.8) is 0 Å². The number of methoxy groups -OCH3 is 1. The van der Waals surface area contributed by atoms with Crippen molar-refractivity contribution < 1.29 is 19.1 Å². The number of imide groups is 1. The highest BCUT2D eigenvalue weighted by Crippen LogP contribution is 2.33. The highest BCUT2D eigenvalue weighted by atomic mass is 31.0. The van der Waals surface area contributed by atoms with E-state index < -0.39 is 11.6 Å². The first-order valence-electron chi connectivity index (χ1n) is 12.0. The van der Waals surface area contributed by atoms with Crippen molar-refractivity contribution in [1.29, 1.82) is 5.41 Å². The number of nitrogens with zero attached hydrogens (tertiary/aromatic N) is 4. The van der Waals surface area contributed by atoms with Gasteiger partial charge >= 0.3 is 6.03 Å². The minimum atomic E-state index is -1.03. The van der Waals surface area contributed by atoms with Crippen LogP contribution >= 0.6 is 9.24 Å². The van der Waals surface area contributed by atoms with Crippen LogP contribution in [0.1, 0.15) is 47.1 Å². The summed E-state index contributed by atoms with van der Waals surface area (Å²) in [7, 11) is 4.22. The molecule has 2 heterocycles. The van der Waals surface area contributed by atoms with Crippen LogP contribution in [0.4, 0.5) is 10.5 Å². The third-order valence-electron chi connectivity index (χ3n) is 5.75. The zero-order valence-electron chi connectivity index (χ0n) is 22.3. The zero-order valence-corrected chi connectivity index (χ0v) is 23.4. The van der Waals surface area contributed by atoms with Crippen LogP contribution in [0.25, 0.3) is 0 Å². The summed E-state index contributed by atoms with van der Waals surface area (Å²) in [4.78, 5) is 29.4. The van der Waals surface area contributed by atoms with Gasteiger partial charge in [0.2, 0.25) is 0 Å². The van der Waals surface area contributed by atoms with Gasteiger partial charge in [-0.3, -0.25) is 9.48 Å². The highest BCUT2D eigenvalue weighted by molar-refractivity contribution is 7.22. The number of anilines is 1. The summed E-state index contributed by atoms with van der Waals surface area (Å²) < 4.78 is 12.3. The van der Waals surface area contributed by atoms with E-state index in [0.29, 0.717) is 36.9 Å². The second-order valence-electron chi connectivity index (χ2n) is 8.74. The van der Waals surface area contributed by atoms with Crippen molar-refractivity contribution in [1.82, 2.24) is 14.7 Å². The SMILES string of the molecule is CC.COCCOc1cccc(CN2C(=O)N(c3cnn(C/C(C(C)=N)=C(\C)P)c3)C(=O)C2(C)C)c1.